The Bertz CT molecular complexity index is 866. The van der Waals surface area contributed by atoms with Gasteiger partial charge < -0.3 is 19.1 Å². The van der Waals surface area contributed by atoms with Crippen LogP contribution in [0.5, 0.6) is 0 Å². The molecular weight excluding hydrogens is 342 g/mol. The molecule has 1 amide bonds. The zero-order valence-corrected chi connectivity index (χ0v) is 14.6. The Morgan fingerprint density at radius 1 is 1.40 bits per heavy atom. The number of amides is 1. The third-order valence-corrected chi connectivity index (χ3v) is 4.39. The fourth-order valence-corrected chi connectivity index (χ4v) is 3.06. The Labute approximate surface area is 148 Å². The highest BCUT2D eigenvalue weighted by Crippen LogP contribution is 2.23. The summed E-state index contributed by atoms with van der Waals surface area (Å²) in [6, 6.07) is 7.17. The van der Waals surface area contributed by atoms with Gasteiger partial charge in [0.05, 0.1) is 5.69 Å². The monoisotopic (exact) mass is 359 g/mol. The number of anilines is 1. The number of hydrogen-bond donors (Lipinski definition) is 1. The number of nitrogens with zero attached hydrogens (tertiary/aromatic N) is 2. The summed E-state index contributed by atoms with van der Waals surface area (Å²) in [5, 5.41) is 8.10. The third-order valence-electron chi connectivity index (χ3n) is 3.50. The van der Waals surface area contributed by atoms with E-state index in [2.05, 4.69) is 10.5 Å². The highest BCUT2D eigenvalue weighted by Gasteiger charge is 2.25. The van der Waals surface area contributed by atoms with Crippen LogP contribution in [0.3, 0.4) is 0 Å². The molecule has 0 bridgehead atoms. The van der Waals surface area contributed by atoms with Crippen molar-refractivity contribution < 1.29 is 18.8 Å². The molecule has 0 aliphatic heterocycles. The van der Waals surface area contributed by atoms with E-state index in [1.54, 1.807) is 19.9 Å². The van der Waals surface area contributed by atoms with Gasteiger partial charge in [0.15, 0.2) is 11.9 Å². The van der Waals surface area contributed by atoms with E-state index >= 15 is 0 Å². The molecule has 0 fully saturated rings. The van der Waals surface area contributed by atoms with E-state index in [0.717, 1.165) is 5.69 Å². The van der Waals surface area contributed by atoms with Crippen LogP contribution in [-0.2, 0) is 9.53 Å². The summed E-state index contributed by atoms with van der Waals surface area (Å²) in [5.74, 6) is -0.100. The molecule has 0 aliphatic carbocycles. The Hall–Kier alpha value is -2.87. The molecular formula is C17H17N3O4S. The molecule has 0 aromatic carbocycles. The Morgan fingerprint density at radius 2 is 2.16 bits per heavy atom. The molecule has 0 unspecified atom stereocenters. The van der Waals surface area contributed by atoms with Gasteiger partial charge in [-0.1, -0.05) is 12.1 Å². The maximum absolute atomic E-state index is 12.5. The van der Waals surface area contributed by atoms with Gasteiger partial charge in [-0.2, -0.15) is 0 Å². The first kappa shape index (κ1) is 17.0. The highest BCUT2D eigenvalue weighted by atomic mass is 32.1. The van der Waals surface area contributed by atoms with Crippen LogP contribution in [-0.4, -0.2) is 27.7 Å². The van der Waals surface area contributed by atoms with Crippen molar-refractivity contribution in [3.63, 3.8) is 0 Å². The average molecular weight is 359 g/mol. The van der Waals surface area contributed by atoms with Gasteiger partial charge in [-0.05, 0) is 36.9 Å². The SMILES string of the molecule is CC[C@@H](OC(=O)c1sccc1-n1cccc1)C(=O)Nc1cc(C)on1. The van der Waals surface area contributed by atoms with Crippen molar-refractivity contribution in [2.24, 2.45) is 0 Å². The number of ether oxygens (including phenoxy) is 1. The number of carbonyl (C=O) groups is 2. The fourth-order valence-electron chi connectivity index (χ4n) is 2.29. The second-order valence-corrected chi connectivity index (χ2v) is 6.26. The van der Waals surface area contributed by atoms with Crippen LogP contribution in [0.2, 0.25) is 0 Å². The summed E-state index contributed by atoms with van der Waals surface area (Å²) in [6.45, 7) is 3.49. The van der Waals surface area contributed by atoms with E-state index in [1.165, 1.54) is 11.3 Å². The lowest BCUT2D eigenvalue weighted by Crippen LogP contribution is -2.32. The summed E-state index contributed by atoms with van der Waals surface area (Å²) in [5.41, 5.74) is 0.724. The summed E-state index contributed by atoms with van der Waals surface area (Å²) in [6.07, 6.45) is 3.12. The van der Waals surface area contributed by atoms with E-state index in [9.17, 15) is 9.59 Å². The molecule has 0 saturated heterocycles. The predicted octanol–water partition coefficient (Wildman–Crippen LogP) is 3.41. The first-order valence-electron chi connectivity index (χ1n) is 7.74. The zero-order valence-electron chi connectivity index (χ0n) is 13.8. The van der Waals surface area contributed by atoms with Crippen molar-refractivity contribution in [1.29, 1.82) is 0 Å². The van der Waals surface area contributed by atoms with Gasteiger partial charge in [0.2, 0.25) is 0 Å². The molecule has 8 heteroatoms. The predicted molar refractivity (Wildman–Crippen MR) is 93.0 cm³/mol. The largest absolute Gasteiger partial charge is 0.448 e. The first-order valence-corrected chi connectivity index (χ1v) is 8.62. The van der Waals surface area contributed by atoms with Gasteiger partial charge in [0, 0.05) is 18.5 Å². The molecule has 0 saturated carbocycles. The van der Waals surface area contributed by atoms with Crippen LogP contribution in [0.25, 0.3) is 5.69 Å². The molecule has 1 atom stereocenters. The smallest absolute Gasteiger partial charge is 0.351 e. The number of thiophene rings is 1. The van der Waals surface area contributed by atoms with Crippen LogP contribution in [0, 0.1) is 6.92 Å². The molecule has 3 heterocycles. The van der Waals surface area contributed by atoms with Crippen molar-refractivity contribution in [3.8, 4) is 5.69 Å². The van der Waals surface area contributed by atoms with Gasteiger partial charge in [0.25, 0.3) is 5.91 Å². The van der Waals surface area contributed by atoms with Crippen molar-refractivity contribution in [3.05, 3.63) is 52.7 Å². The average Bonchev–Trinajstić information content (AvgIpc) is 3.32. The molecule has 25 heavy (non-hydrogen) atoms. The number of esters is 1. The number of aryl methyl sites for hydroxylation is 1. The quantitative estimate of drug-likeness (QED) is 0.682. The van der Waals surface area contributed by atoms with E-state index in [0.29, 0.717) is 22.9 Å². The Balaban J connectivity index is 1.70. The van der Waals surface area contributed by atoms with E-state index in [4.69, 9.17) is 9.26 Å². The minimum absolute atomic E-state index is 0.293. The maximum Gasteiger partial charge on any atom is 0.351 e. The minimum Gasteiger partial charge on any atom is -0.448 e. The molecule has 0 radical (unpaired) electrons. The number of carbonyl (C=O) groups excluding carboxylic acids is 2. The fraction of sp³-hybridized carbons (Fsp3) is 0.235. The summed E-state index contributed by atoms with van der Waals surface area (Å²) in [4.78, 5) is 25.3. The van der Waals surface area contributed by atoms with Gasteiger partial charge in [0.1, 0.15) is 10.6 Å². The third kappa shape index (κ3) is 3.80. The Kier molecular flexibility index (Phi) is 4.99. The van der Waals surface area contributed by atoms with Gasteiger partial charge >= 0.3 is 5.97 Å². The van der Waals surface area contributed by atoms with Crippen molar-refractivity contribution >= 4 is 29.0 Å². The minimum atomic E-state index is -0.913. The number of nitrogens with one attached hydrogen (secondary N) is 1. The normalized spacial score (nSPS) is 11.9. The Morgan fingerprint density at radius 3 is 2.80 bits per heavy atom. The number of aromatic nitrogens is 2. The lowest BCUT2D eigenvalue weighted by Gasteiger charge is -2.15. The second kappa shape index (κ2) is 7.35. The van der Waals surface area contributed by atoms with E-state index in [-0.39, 0.29) is 0 Å². The van der Waals surface area contributed by atoms with Crippen LogP contribution < -0.4 is 5.32 Å². The van der Waals surface area contributed by atoms with Crippen LogP contribution >= 0.6 is 11.3 Å². The zero-order chi connectivity index (χ0) is 17.8. The van der Waals surface area contributed by atoms with E-state index < -0.39 is 18.0 Å². The van der Waals surface area contributed by atoms with Crippen molar-refractivity contribution in [2.45, 2.75) is 26.4 Å². The summed E-state index contributed by atoms with van der Waals surface area (Å²) < 4.78 is 12.1. The molecule has 3 aromatic heterocycles. The summed E-state index contributed by atoms with van der Waals surface area (Å²) >= 11 is 1.27. The number of rotatable bonds is 6. The second-order valence-electron chi connectivity index (χ2n) is 5.34. The first-order chi connectivity index (χ1) is 12.1. The maximum atomic E-state index is 12.5. The van der Waals surface area contributed by atoms with Gasteiger partial charge in [-0.25, -0.2) is 4.79 Å². The standard InChI is InChI=1S/C17H17N3O4S/c1-3-13(16(21)18-14-10-11(2)24-19-14)23-17(22)15-12(6-9-25-15)20-7-4-5-8-20/h4-10,13H,3H2,1-2H3,(H,18,19,21)/t13-/m1/s1. The van der Waals surface area contributed by atoms with Crippen molar-refractivity contribution in [1.82, 2.24) is 9.72 Å². The van der Waals surface area contributed by atoms with Gasteiger partial charge in [-0.3, -0.25) is 4.79 Å². The molecule has 3 rings (SSSR count). The van der Waals surface area contributed by atoms with Gasteiger partial charge in [-0.15, -0.1) is 11.3 Å². The molecule has 0 spiro atoms. The molecule has 0 aliphatic rings. The van der Waals surface area contributed by atoms with E-state index in [1.807, 2.05) is 40.5 Å². The lowest BCUT2D eigenvalue weighted by molar-refractivity contribution is -0.124. The van der Waals surface area contributed by atoms with Crippen LogP contribution in [0.1, 0.15) is 28.8 Å². The highest BCUT2D eigenvalue weighted by molar-refractivity contribution is 7.12. The van der Waals surface area contributed by atoms with Crippen LogP contribution in [0.4, 0.5) is 5.82 Å². The topological polar surface area (TPSA) is 86.4 Å². The molecule has 3 aromatic rings. The molecule has 1 N–H and O–H groups in total. The molecule has 7 nitrogen and oxygen atoms in total. The van der Waals surface area contributed by atoms with Crippen LogP contribution in [0.15, 0.2) is 46.6 Å². The van der Waals surface area contributed by atoms with Crippen molar-refractivity contribution in [2.75, 3.05) is 5.32 Å². The number of hydrogen-bond acceptors (Lipinski definition) is 6. The molecule has 130 valence electrons. The lowest BCUT2D eigenvalue weighted by atomic mass is 10.2. The summed E-state index contributed by atoms with van der Waals surface area (Å²) in [7, 11) is 0.